The van der Waals surface area contributed by atoms with Crippen LogP contribution in [0.1, 0.15) is 19.4 Å². The Morgan fingerprint density at radius 3 is 2.40 bits per heavy atom. The molecule has 0 bridgehead atoms. The summed E-state index contributed by atoms with van der Waals surface area (Å²) in [4.78, 5) is 24.6. The second-order valence-corrected chi connectivity index (χ2v) is 6.47. The summed E-state index contributed by atoms with van der Waals surface area (Å²) < 4.78 is 0. The van der Waals surface area contributed by atoms with Crippen LogP contribution in [-0.4, -0.2) is 18.0 Å². The lowest BCUT2D eigenvalue weighted by molar-refractivity contribution is -0.124. The van der Waals surface area contributed by atoms with Crippen molar-refractivity contribution in [2.24, 2.45) is 5.92 Å². The van der Waals surface area contributed by atoms with Gasteiger partial charge in [-0.1, -0.05) is 55.8 Å². The van der Waals surface area contributed by atoms with E-state index in [9.17, 15) is 9.59 Å². The van der Waals surface area contributed by atoms with E-state index in [4.69, 9.17) is 11.6 Å². The SMILES string of the molecule is CC(C)C(NC(=O)Nc1ccccc1)C(=O)NCc1cccc(Cl)c1. The van der Waals surface area contributed by atoms with E-state index < -0.39 is 12.1 Å². The number of anilines is 1. The molecule has 0 saturated carbocycles. The fourth-order valence-corrected chi connectivity index (χ4v) is 2.52. The van der Waals surface area contributed by atoms with Crippen LogP contribution >= 0.6 is 11.6 Å². The molecular weight excluding hydrogens is 338 g/mol. The summed E-state index contributed by atoms with van der Waals surface area (Å²) in [7, 11) is 0. The number of amides is 3. The lowest BCUT2D eigenvalue weighted by Gasteiger charge is -2.22. The van der Waals surface area contributed by atoms with Crippen molar-refractivity contribution in [1.82, 2.24) is 10.6 Å². The molecule has 2 aromatic carbocycles. The Hall–Kier alpha value is -2.53. The third-order valence-corrected chi connectivity index (χ3v) is 3.86. The Morgan fingerprint density at radius 1 is 1.04 bits per heavy atom. The van der Waals surface area contributed by atoms with E-state index in [2.05, 4.69) is 16.0 Å². The molecule has 0 aliphatic heterocycles. The fraction of sp³-hybridized carbons (Fsp3) is 0.263. The molecule has 2 rings (SSSR count). The molecule has 0 aromatic heterocycles. The van der Waals surface area contributed by atoms with Crippen LogP contribution in [0.3, 0.4) is 0 Å². The van der Waals surface area contributed by atoms with Gasteiger partial charge < -0.3 is 16.0 Å². The summed E-state index contributed by atoms with van der Waals surface area (Å²) in [5.41, 5.74) is 1.57. The molecule has 2 aromatic rings. The third kappa shape index (κ3) is 6.12. The Labute approximate surface area is 152 Å². The molecule has 1 unspecified atom stereocenters. The molecule has 1 atom stereocenters. The first-order valence-electron chi connectivity index (χ1n) is 8.10. The van der Waals surface area contributed by atoms with Gasteiger partial charge >= 0.3 is 6.03 Å². The summed E-state index contributed by atoms with van der Waals surface area (Å²) in [6.45, 7) is 4.11. The van der Waals surface area contributed by atoms with Gasteiger partial charge in [-0.25, -0.2) is 4.79 Å². The van der Waals surface area contributed by atoms with Crippen molar-refractivity contribution in [3.63, 3.8) is 0 Å². The van der Waals surface area contributed by atoms with Crippen LogP contribution in [0.4, 0.5) is 10.5 Å². The summed E-state index contributed by atoms with van der Waals surface area (Å²) in [5, 5.41) is 8.89. The molecule has 0 saturated heterocycles. The number of carbonyl (C=O) groups is 2. The van der Waals surface area contributed by atoms with Crippen LogP contribution in [0.2, 0.25) is 5.02 Å². The van der Waals surface area contributed by atoms with Crippen molar-refractivity contribution in [3.05, 3.63) is 65.2 Å². The lowest BCUT2D eigenvalue weighted by atomic mass is 10.0. The topological polar surface area (TPSA) is 70.2 Å². The first-order valence-corrected chi connectivity index (χ1v) is 8.48. The minimum absolute atomic E-state index is 0.0547. The van der Waals surface area contributed by atoms with Gasteiger partial charge in [0.1, 0.15) is 6.04 Å². The Kier molecular flexibility index (Phi) is 6.83. The minimum atomic E-state index is -0.636. The monoisotopic (exact) mass is 359 g/mol. The van der Waals surface area contributed by atoms with Gasteiger partial charge in [0.05, 0.1) is 0 Å². The van der Waals surface area contributed by atoms with Crippen LogP contribution in [0.25, 0.3) is 0 Å². The van der Waals surface area contributed by atoms with E-state index >= 15 is 0 Å². The zero-order valence-corrected chi connectivity index (χ0v) is 15.0. The molecule has 0 aliphatic carbocycles. The van der Waals surface area contributed by atoms with Gasteiger partial charge in [-0.15, -0.1) is 0 Å². The lowest BCUT2D eigenvalue weighted by Crippen LogP contribution is -2.50. The number of benzene rings is 2. The van der Waals surface area contributed by atoms with Gasteiger partial charge in [0, 0.05) is 17.3 Å². The van der Waals surface area contributed by atoms with Gasteiger partial charge in [0.25, 0.3) is 0 Å². The summed E-state index contributed by atoms with van der Waals surface area (Å²) in [6.07, 6.45) is 0. The number of carbonyl (C=O) groups excluding carboxylic acids is 2. The van der Waals surface area contributed by atoms with Gasteiger partial charge in [0.15, 0.2) is 0 Å². The quantitative estimate of drug-likeness (QED) is 0.734. The number of hydrogen-bond donors (Lipinski definition) is 3. The van der Waals surface area contributed by atoms with Crippen molar-refractivity contribution in [2.75, 3.05) is 5.32 Å². The van der Waals surface area contributed by atoms with E-state index in [1.54, 1.807) is 24.3 Å². The van der Waals surface area contributed by atoms with Crippen LogP contribution in [0.15, 0.2) is 54.6 Å². The van der Waals surface area contributed by atoms with E-state index in [0.717, 1.165) is 5.56 Å². The number of nitrogens with one attached hydrogen (secondary N) is 3. The molecule has 0 heterocycles. The third-order valence-electron chi connectivity index (χ3n) is 3.62. The summed E-state index contributed by atoms with van der Waals surface area (Å²) >= 11 is 5.94. The highest BCUT2D eigenvalue weighted by Crippen LogP contribution is 2.11. The summed E-state index contributed by atoms with van der Waals surface area (Å²) in [5.74, 6) is -0.293. The molecule has 3 amide bonds. The highest BCUT2D eigenvalue weighted by Gasteiger charge is 2.24. The first-order chi connectivity index (χ1) is 12.0. The van der Waals surface area contributed by atoms with E-state index in [1.807, 2.05) is 44.2 Å². The van der Waals surface area contributed by atoms with Gasteiger partial charge in [0.2, 0.25) is 5.91 Å². The molecule has 0 radical (unpaired) electrons. The largest absolute Gasteiger partial charge is 0.350 e. The van der Waals surface area contributed by atoms with Crippen LogP contribution in [0.5, 0.6) is 0 Å². The second-order valence-electron chi connectivity index (χ2n) is 6.03. The van der Waals surface area contributed by atoms with E-state index in [0.29, 0.717) is 17.3 Å². The molecule has 6 heteroatoms. The molecule has 0 spiro atoms. The van der Waals surface area contributed by atoms with Crippen molar-refractivity contribution in [1.29, 1.82) is 0 Å². The van der Waals surface area contributed by atoms with Crippen molar-refractivity contribution >= 4 is 29.2 Å². The van der Waals surface area contributed by atoms with E-state index in [1.165, 1.54) is 0 Å². The van der Waals surface area contributed by atoms with Crippen molar-refractivity contribution in [3.8, 4) is 0 Å². The van der Waals surface area contributed by atoms with Gasteiger partial charge in [-0.3, -0.25) is 4.79 Å². The molecule has 132 valence electrons. The maximum Gasteiger partial charge on any atom is 0.319 e. The van der Waals surface area contributed by atoms with Crippen LogP contribution in [-0.2, 0) is 11.3 Å². The number of para-hydroxylation sites is 1. The zero-order valence-electron chi connectivity index (χ0n) is 14.3. The number of urea groups is 1. The molecular formula is C19H22ClN3O2. The summed E-state index contributed by atoms with van der Waals surface area (Å²) in [6, 6.07) is 15.3. The molecule has 5 nitrogen and oxygen atoms in total. The predicted octanol–water partition coefficient (Wildman–Crippen LogP) is 3.80. The zero-order chi connectivity index (χ0) is 18.2. The maximum absolute atomic E-state index is 12.4. The highest BCUT2D eigenvalue weighted by atomic mass is 35.5. The van der Waals surface area contributed by atoms with Gasteiger partial charge in [-0.05, 0) is 35.7 Å². The normalized spacial score (nSPS) is 11.7. The Bertz CT molecular complexity index is 720. The second kappa shape index (κ2) is 9.08. The standard InChI is InChI=1S/C19H22ClN3O2/c1-13(2)17(23-19(25)22-16-9-4-3-5-10-16)18(24)21-12-14-7-6-8-15(20)11-14/h3-11,13,17H,12H2,1-2H3,(H,21,24)(H2,22,23,25). The van der Waals surface area contributed by atoms with Gasteiger partial charge in [-0.2, -0.15) is 0 Å². The molecule has 25 heavy (non-hydrogen) atoms. The van der Waals surface area contributed by atoms with Crippen LogP contribution in [0, 0.1) is 5.92 Å². The average molecular weight is 360 g/mol. The number of rotatable bonds is 6. The predicted molar refractivity (Wildman–Crippen MR) is 101 cm³/mol. The highest BCUT2D eigenvalue weighted by molar-refractivity contribution is 6.30. The van der Waals surface area contributed by atoms with E-state index in [-0.39, 0.29) is 11.8 Å². The number of halogens is 1. The number of hydrogen-bond acceptors (Lipinski definition) is 2. The Morgan fingerprint density at radius 2 is 1.76 bits per heavy atom. The Balaban J connectivity index is 1.92. The smallest absolute Gasteiger partial charge is 0.319 e. The molecule has 3 N–H and O–H groups in total. The fourth-order valence-electron chi connectivity index (χ4n) is 2.31. The minimum Gasteiger partial charge on any atom is -0.350 e. The first kappa shape index (κ1) is 18.8. The average Bonchev–Trinajstić information content (AvgIpc) is 2.58. The van der Waals surface area contributed by atoms with Crippen molar-refractivity contribution in [2.45, 2.75) is 26.4 Å². The molecule has 0 fully saturated rings. The van der Waals surface area contributed by atoms with Crippen molar-refractivity contribution < 1.29 is 9.59 Å². The van der Waals surface area contributed by atoms with Crippen LogP contribution < -0.4 is 16.0 Å². The molecule has 0 aliphatic rings. The maximum atomic E-state index is 12.4.